The first-order chi connectivity index (χ1) is 9.60. The van der Waals surface area contributed by atoms with E-state index in [0.29, 0.717) is 0 Å². The maximum absolute atomic E-state index is 6.36. The molecule has 5 heteroatoms. The Bertz CT molecular complexity index is 590. The van der Waals surface area contributed by atoms with Crippen LogP contribution in [0.2, 0.25) is 5.02 Å². The Labute approximate surface area is 141 Å². The third kappa shape index (κ3) is 4.29. The van der Waals surface area contributed by atoms with Crippen molar-refractivity contribution >= 4 is 43.5 Å². The summed E-state index contributed by atoms with van der Waals surface area (Å²) in [6.45, 7) is 2.98. The van der Waals surface area contributed by atoms with Crippen molar-refractivity contribution in [2.75, 3.05) is 6.54 Å². The SMILES string of the molecule is CCNC(Cc1cncc(Br)c1)c1ccc(Br)cc1Cl. The van der Waals surface area contributed by atoms with Crippen molar-refractivity contribution in [1.82, 2.24) is 10.3 Å². The summed E-state index contributed by atoms with van der Waals surface area (Å²) in [5.41, 5.74) is 2.28. The van der Waals surface area contributed by atoms with Crippen LogP contribution in [-0.2, 0) is 6.42 Å². The van der Waals surface area contributed by atoms with Gasteiger partial charge in [-0.25, -0.2) is 0 Å². The van der Waals surface area contributed by atoms with Gasteiger partial charge in [-0.3, -0.25) is 4.98 Å². The highest BCUT2D eigenvalue weighted by Gasteiger charge is 2.15. The van der Waals surface area contributed by atoms with Gasteiger partial charge in [0.2, 0.25) is 0 Å². The predicted molar refractivity (Wildman–Crippen MR) is 91.2 cm³/mol. The maximum Gasteiger partial charge on any atom is 0.0465 e. The zero-order chi connectivity index (χ0) is 14.5. The summed E-state index contributed by atoms with van der Waals surface area (Å²) in [6.07, 6.45) is 4.53. The number of likely N-dealkylation sites (N-methyl/N-ethyl adjacent to an activating group) is 1. The molecule has 1 heterocycles. The Morgan fingerprint density at radius 3 is 2.65 bits per heavy atom. The minimum Gasteiger partial charge on any atom is -0.310 e. The van der Waals surface area contributed by atoms with Crippen molar-refractivity contribution in [2.24, 2.45) is 0 Å². The van der Waals surface area contributed by atoms with Gasteiger partial charge < -0.3 is 5.32 Å². The highest BCUT2D eigenvalue weighted by atomic mass is 79.9. The zero-order valence-corrected chi connectivity index (χ0v) is 15.0. The molecule has 0 bridgehead atoms. The summed E-state index contributed by atoms with van der Waals surface area (Å²) in [7, 11) is 0. The number of halogens is 3. The van der Waals surface area contributed by atoms with Crippen LogP contribution >= 0.6 is 43.5 Å². The maximum atomic E-state index is 6.36. The van der Waals surface area contributed by atoms with Crippen LogP contribution in [0.4, 0.5) is 0 Å². The largest absolute Gasteiger partial charge is 0.310 e. The van der Waals surface area contributed by atoms with E-state index in [0.717, 1.165) is 32.5 Å². The van der Waals surface area contributed by atoms with Gasteiger partial charge >= 0.3 is 0 Å². The smallest absolute Gasteiger partial charge is 0.0465 e. The first-order valence-corrected chi connectivity index (χ1v) is 8.34. The summed E-state index contributed by atoms with van der Waals surface area (Å²) in [6, 6.07) is 8.28. The van der Waals surface area contributed by atoms with E-state index in [1.54, 1.807) is 6.20 Å². The average molecular weight is 419 g/mol. The van der Waals surface area contributed by atoms with Crippen molar-refractivity contribution in [2.45, 2.75) is 19.4 Å². The van der Waals surface area contributed by atoms with Gasteiger partial charge in [0.1, 0.15) is 0 Å². The highest BCUT2D eigenvalue weighted by molar-refractivity contribution is 9.10. The number of aromatic nitrogens is 1. The fraction of sp³-hybridized carbons (Fsp3) is 0.267. The second-order valence-electron chi connectivity index (χ2n) is 4.49. The fourth-order valence-electron chi connectivity index (χ4n) is 2.13. The summed E-state index contributed by atoms with van der Waals surface area (Å²) in [4.78, 5) is 4.21. The molecule has 0 spiro atoms. The van der Waals surface area contributed by atoms with Gasteiger partial charge in [-0.05, 0) is 58.2 Å². The molecule has 0 amide bonds. The highest BCUT2D eigenvalue weighted by Crippen LogP contribution is 2.29. The lowest BCUT2D eigenvalue weighted by atomic mass is 10.00. The fourth-order valence-corrected chi connectivity index (χ4v) is 3.34. The van der Waals surface area contributed by atoms with Gasteiger partial charge in [-0.15, -0.1) is 0 Å². The van der Waals surface area contributed by atoms with Crippen LogP contribution in [0.5, 0.6) is 0 Å². The number of rotatable bonds is 5. The molecular formula is C15H15Br2ClN2. The molecule has 1 atom stereocenters. The van der Waals surface area contributed by atoms with E-state index < -0.39 is 0 Å². The van der Waals surface area contributed by atoms with Gasteiger partial charge in [0.15, 0.2) is 0 Å². The van der Waals surface area contributed by atoms with Crippen molar-refractivity contribution in [3.63, 3.8) is 0 Å². The Kier molecular flexibility index (Phi) is 6.02. The molecule has 2 aromatic rings. The molecule has 0 saturated heterocycles. The minimum atomic E-state index is 0.178. The quantitative estimate of drug-likeness (QED) is 0.726. The first kappa shape index (κ1) is 16.0. The molecule has 0 aliphatic carbocycles. The number of pyridine rings is 1. The normalized spacial score (nSPS) is 12.4. The molecule has 2 rings (SSSR count). The van der Waals surface area contributed by atoms with E-state index in [-0.39, 0.29) is 6.04 Å². The van der Waals surface area contributed by atoms with E-state index in [1.165, 1.54) is 5.56 Å². The molecule has 1 unspecified atom stereocenters. The third-order valence-corrected chi connectivity index (χ3v) is 4.24. The molecule has 1 aromatic heterocycles. The summed E-state index contributed by atoms with van der Waals surface area (Å²) < 4.78 is 1.98. The van der Waals surface area contributed by atoms with E-state index in [4.69, 9.17) is 11.6 Å². The van der Waals surface area contributed by atoms with E-state index in [2.05, 4.69) is 61.2 Å². The summed E-state index contributed by atoms with van der Waals surface area (Å²) in [5.74, 6) is 0. The molecule has 0 fully saturated rings. The first-order valence-electron chi connectivity index (χ1n) is 6.38. The Morgan fingerprint density at radius 2 is 2.00 bits per heavy atom. The number of nitrogens with one attached hydrogen (secondary N) is 1. The zero-order valence-electron chi connectivity index (χ0n) is 11.0. The molecule has 1 aromatic carbocycles. The molecule has 1 N–H and O–H groups in total. The monoisotopic (exact) mass is 416 g/mol. The summed E-state index contributed by atoms with van der Waals surface area (Å²) in [5, 5.41) is 4.26. The second kappa shape index (κ2) is 7.55. The molecule has 0 radical (unpaired) electrons. The van der Waals surface area contributed by atoms with Gasteiger partial charge in [0.25, 0.3) is 0 Å². The number of benzene rings is 1. The standard InChI is InChI=1S/C15H15Br2ClN2/c1-2-20-15(6-10-5-12(17)9-19-8-10)13-4-3-11(16)7-14(13)18/h3-5,7-9,15,20H,2,6H2,1H3. The predicted octanol–water partition coefficient (Wildman–Crippen LogP) is 5.15. The Hall–Kier alpha value is -0.420. The topological polar surface area (TPSA) is 24.9 Å². The molecule has 0 aliphatic heterocycles. The van der Waals surface area contributed by atoms with Crippen molar-refractivity contribution < 1.29 is 0 Å². The van der Waals surface area contributed by atoms with Crippen molar-refractivity contribution in [3.8, 4) is 0 Å². The summed E-state index contributed by atoms with van der Waals surface area (Å²) >= 11 is 13.3. The minimum absolute atomic E-state index is 0.178. The van der Waals surface area contributed by atoms with Crippen LogP contribution in [0.25, 0.3) is 0 Å². The van der Waals surface area contributed by atoms with Crippen LogP contribution in [-0.4, -0.2) is 11.5 Å². The number of hydrogen-bond acceptors (Lipinski definition) is 2. The van der Waals surface area contributed by atoms with Crippen LogP contribution in [0.1, 0.15) is 24.1 Å². The second-order valence-corrected chi connectivity index (χ2v) is 6.73. The van der Waals surface area contributed by atoms with Gasteiger partial charge in [-0.2, -0.15) is 0 Å². The van der Waals surface area contributed by atoms with E-state index in [9.17, 15) is 0 Å². The molecule has 2 nitrogen and oxygen atoms in total. The van der Waals surface area contributed by atoms with Crippen LogP contribution in [0.3, 0.4) is 0 Å². The number of nitrogens with zero attached hydrogens (tertiary/aromatic N) is 1. The molecular weight excluding hydrogens is 403 g/mol. The van der Waals surface area contributed by atoms with E-state index in [1.807, 2.05) is 18.3 Å². The third-order valence-electron chi connectivity index (χ3n) is 2.99. The van der Waals surface area contributed by atoms with E-state index >= 15 is 0 Å². The molecule has 0 aliphatic rings. The van der Waals surface area contributed by atoms with Gasteiger partial charge in [-0.1, -0.05) is 40.5 Å². The van der Waals surface area contributed by atoms with Gasteiger partial charge in [0.05, 0.1) is 0 Å². The van der Waals surface area contributed by atoms with Crippen molar-refractivity contribution in [1.29, 1.82) is 0 Å². The van der Waals surface area contributed by atoms with Gasteiger partial charge in [0, 0.05) is 32.4 Å². The lowest BCUT2D eigenvalue weighted by molar-refractivity contribution is 0.549. The Morgan fingerprint density at radius 1 is 1.20 bits per heavy atom. The Balaban J connectivity index is 2.26. The molecule has 20 heavy (non-hydrogen) atoms. The average Bonchev–Trinajstić information content (AvgIpc) is 2.38. The van der Waals surface area contributed by atoms with Crippen LogP contribution < -0.4 is 5.32 Å². The lowest BCUT2D eigenvalue weighted by Crippen LogP contribution is -2.23. The van der Waals surface area contributed by atoms with Crippen molar-refractivity contribution in [3.05, 3.63) is 61.8 Å². The van der Waals surface area contributed by atoms with Crippen LogP contribution in [0, 0.1) is 0 Å². The lowest BCUT2D eigenvalue weighted by Gasteiger charge is -2.20. The van der Waals surface area contributed by atoms with Crippen LogP contribution in [0.15, 0.2) is 45.6 Å². The molecule has 106 valence electrons. The molecule has 0 saturated carbocycles. The number of hydrogen-bond donors (Lipinski definition) is 1.